The summed E-state index contributed by atoms with van der Waals surface area (Å²) < 4.78 is 5.88. The number of aromatic amines is 1. The first-order chi connectivity index (χ1) is 11.7. The second-order valence-corrected chi connectivity index (χ2v) is 6.02. The summed E-state index contributed by atoms with van der Waals surface area (Å²) in [4.78, 5) is 15.6. The number of benzene rings is 1. The maximum absolute atomic E-state index is 5.88. The molecule has 0 amide bonds. The molecule has 3 heterocycles. The second kappa shape index (κ2) is 6.16. The monoisotopic (exact) mass is 324 g/mol. The van der Waals surface area contributed by atoms with Crippen molar-refractivity contribution in [1.29, 1.82) is 0 Å². The first kappa shape index (κ1) is 15.0. The minimum atomic E-state index is -0.148. The molecule has 0 saturated carbocycles. The van der Waals surface area contributed by atoms with Crippen LogP contribution in [0.3, 0.4) is 0 Å². The number of nitrogens with zero attached hydrogens (tertiary/aromatic N) is 5. The molecule has 0 aliphatic carbocycles. The van der Waals surface area contributed by atoms with Crippen molar-refractivity contribution >= 4 is 16.7 Å². The van der Waals surface area contributed by atoms with E-state index in [9.17, 15) is 0 Å². The van der Waals surface area contributed by atoms with Gasteiger partial charge in [0.05, 0.1) is 18.7 Å². The zero-order chi connectivity index (χ0) is 16.5. The van der Waals surface area contributed by atoms with E-state index in [-0.39, 0.29) is 6.10 Å². The lowest BCUT2D eigenvalue weighted by molar-refractivity contribution is 0.0340. The number of rotatable bonds is 3. The van der Waals surface area contributed by atoms with Gasteiger partial charge in [-0.05, 0) is 19.1 Å². The number of H-pyrrole nitrogens is 1. The number of hydrogen-bond acceptors (Lipinski definition) is 6. The van der Waals surface area contributed by atoms with Gasteiger partial charge in [0, 0.05) is 18.4 Å². The fraction of sp³-hybridized carbons (Fsp3) is 0.412. The molecule has 1 fully saturated rings. The lowest BCUT2D eigenvalue weighted by Gasteiger charge is -2.33. The molecule has 2 aromatic heterocycles. The molecule has 0 spiro atoms. The first-order valence-corrected chi connectivity index (χ1v) is 8.23. The molecule has 1 atom stereocenters. The maximum Gasteiger partial charge on any atom is 0.181 e. The molecule has 1 aliphatic heterocycles. The van der Waals surface area contributed by atoms with E-state index in [2.05, 4.69) is 49.1 Å². The van der Waals surface area contributed by atoms with E-state index in [1.165, 1.54) is 5.56 Å². The Hall–Kier alpha value is -2.54. The van der Waals surface area contributed by atoms with Gasteiger partial charge in [-0.2, -0.15) is 5.10 Å². The van der Waals surface area contributed by atoms with Crippen LogP contribution >= 0.6 is 0 Å². The quantitative estimate of drug-likeness (QED) is 0.795. The second-order valence-electron chi connectivity index (χ2n) is 6.02. The number of morpholine rings is 1. The predicted molar refractivity (Wildman–Crippen MR) is 90.9 cm³/mol. The molecular weight excluding hydrogens is 304 g/mol. The first-order valence-electron chi connectivity index (χ1n) is 8.23. The molecule has 24 heavy (non-hydrogen) atoms. The minimum absolute atomic E-state index is 0.148. The van der Waals surface area contributed by atoms with Crippen LogP contribution in [0.25, 0.3) is 10.9 Å². The van der Waals surface area contributed by atoms with Crippen molar-refractivity contribution in [3.05, 3.63) is 41.7 Å². The number of nitrogens with one attached hydrogen (secondary N) is 1. The van der Waals surface area contributed by atoms with E-state index in [1.807, 2.05) is 13.0 Å². The molecule has 0 bridgehead atoms. The molecule has 7 nitrogen and oxygen atoms in total. The number of aromatic nitrogens is 5. The molecule has 1 unspecified atom stereocenters. The third kappa shape index (κ3) is 2.71. The fourth-order valence-electron chi connectivity index (χ4n) is 3.02. The average Bonchev–Trinajstić information content (AvgIpc) is 3.10. The molecule has 1 aromatic carbocycles. The van der Waals surface area contributed by atoms with E-state index in [0.717, 1.165) is 35.5 Å². The Labute approximate surface area is 140 Å². The number of anilines is 1. The highest BCUT2D eigenvalue weighted by Crippen LogP contribution is 2.28. The van der Waals surface area contributed by atoms with Crippen LogP contribution in [-0.4, -0.2) is 44.8 Å². The van der Waals surface area contributed by atoms with Crippen molar-refractivity contribution in [1.82, 2.24) is 25.1 Å². The summed E-state index contributed by atoms with van der Waals surface area (Å²) in [5.74, 6) is 2.54. The lowest BCUT2D eigenvalue weighted by atomic mass is 10.1. The van der Waals surface area contributed by atoms with Crippen LogP contribution in [0.15, 0.2) is 24.5 Å². The highest BCUT2D eigenvalue weighted by Gasteiger charge is 2.27. The Morgan fingerprint density at radius 3 is 3.08 bits per heavy atom. The average molecular weight is 324 g/mol. The van der Waals surface area contributed by atoms with E-state index < -0.39 is 0 Å². The molecule has 3 aromatic rings. The number of aryl methyl sites for hydroxylation is 2. The van der Waals surface area contributed by atoms with Gasteiger partial charge in [0.25, 0.3) is 0 Å². The van der Waals surface area contributed by atoms with Gasteiger partial charge in [-0.1, -0.05) is 18.6 Å². The number of ether oxygens (including phenoxy) is 1. The van der Waals surface area contributed by atoms with Crippen molar-refractivity contribution < 1.29 is 4.74 Å². The van der Waals surface area contributed by atoms with E-state index in [4.69, 9.17) is 4.74 Å². The highest BCUT2D eigenvalue weighted by atomic mass is 16.5. The van der Waals surface area contributed by atoms with Crippen LogP contribution in [0.2, 0.25) is 0 Å². The summed E-state index contributed by atoms with van der Waals surface area (Å²) in [6, 6.07) is 6.24. The molecule has 124 valence electrons. The van der Waals surface area contributed by atoms with Crippen LogP contribution < -0.4 is 4.90 Å². The Morgan fingerprint density at radius 2 is 2.25 bits per heavy atom. The largest absolute Gasteiger partial charge is 0.366 e. The normalized spacial score (nSPS) is 18.2. The number of hydrogen-bond donors (Lipinski definition) is 1. The van der Waals surface area contributed by atoms with Crippen LogP contribution in [0.5, 0.6) is 0 Å². The molecule has 1 N–H and O–H groups in total. The highest BCUT2D eigenvalue weighted by molar-refractivity contribution is 5.89. The Bertz CT molecular complexity index is 861. The van der Waals surface area contributed by atoms with Crippen molar-refractivity contribution in [3.63, 3.8) is 0 Å². The van der Waals surface area contributed by atoms with Crippen molar-refractivity contribution in [3.8, 4) is 0 Å². The van der Waals surface area contributed by atoms with Gasteiger partial charge >= 0.3 is 0 Å². The third-order valence-electron chi connectivity index (χ3n) is 4.31. The van der Waals surface area contributed by atoms with E-state index >= 15 is 0 Å². The van der Waals surface area contributed by atoms with Gasteiger partial charge in [0.2, 0.25) is 0 Å². The SMILES string of the molecule is CCc1nc(C2CN(c3ncnc4ccc(C)cc34)CCO2)n[nH]1. The predicted octanol–water partition coefficient (Wildman–Crippen LogP) is 2.20. The molecule has 1 saturated heterocycles. The van der Waals surface area contributed by atoms with Crippen LogP contribution in [0, 0.1) is 6.92 Å². The standard InChI is InChI=1S/C17H20N6O/c1-3-15-20-16(22-21-15)14-9-23(6-7-24-14)17-12-8-11(2)4-5-13(12)18-10-19-17/h4-5,8,10,14H,3,6-7,9H2,1-2H3,(H,20,21,22). The summed E-state index contributed by atoms with van der Waals surface area (Å²) in [6.07, 6.45) is 2.31. The van der Waals surface area contributed by atoms with Crippen molar-refractivity contribution in [2.45, 2.75) is 26.4 Å². The van der Waals surface area contributed by atoms with Crippen molar-refractivity contribution in [2.75, 3.05) is 24.6 Å². The maximum atomic E-state index is 5.88. The molecule has 4 rings (SSSR count). The van der Waals surface area contributed by atoms with Gasteiger partial charge in [-0.3, -0.25) is 5.10 Å². The van der Waals surface area contributed by atoms with E-state index in [1.54, 1.807) is 6.33 Å². The Kier molecular flexibility index (Phi) is 3.86. The smallest absolute Gasteiger partial charge is 0.181 e. The van der Waals surface area contributed by atoms with Crippen LogP contribution in [-0.2, 0) is 11.2 Å². The Balaban J connectivity index is 1.65. The molecular formula is C17H20N6O. The van der Waals surface area contributed by atoms with Gasteiger partial charge in [0.15, 0.2) is 5.82 Å². The minimum Gasteiger partial charge on any atom is -0.366 e. The third-order valence-corrected chi connectivity index (χ3v) is 4.31. The summed E-state index contributed by atoms with van der Waals surface area (Å²) >= 11 is 0. The van der Waals surface area contributed by atoms with Crippen LogP contribution in [0.1, 0.15) is 30.2 Å². The van der Waals surface area contributed by atoms with Gasteiger partial charge < -0.3 is 9.64 Å². The molecule has 1 aliphatic rings. The van der Waals surface area contributed by atoms with Gasteiger partial charge in [-0.25, -0.2) is 15.0 Å². The number of fused-ring (bicyclic) bond motifs is 1. The zero-order valence-electron chi connectivity index (χ0n) is 13.9. The summed E-state index contributed by atoms with van der Waals surface area (Å²) in [5, 5.41) is 8.33. The molecule has 0 radical (unpaired) electrons. The fourth-order valence-corrected chi connectivity index (χ4v) is 3.02. The Morgan fingerprint density at radius 1 is 1.33 bits per heavy atom. The molecule has 7 heteroatoms. The zero-order valence-corrected chi connectivity index (χ0v) is 13.9. The van der Waals surface area contributed by atoms with Crippen molar-refractivity contribution in [2.24, 2.45) is 0 Å². The van der Waals surface area contributed by atoms with Crippen LogP contribution in [0.4, 0.5) is 5.82 Å². The summed E-state index contributed by atoms with van der Waals surface area (Å²) in [7, 11) is 0. The summed E-state index contributed by atoms with van der Waals surface area (Å²) in [5.41, 5.74) is 2.16. The van der Waals surface area contributed by atoms with Gasteiger partial charge in [-0.15, -0.1) is 0 Å². The van der Waals surface area contributed by atoms with E-state index in [0.29, 0.717) is 19.0 Å². The summed E-state index contributed by atoms with van der Waals surface area (Å²) in [6.45, 7) is 6.23. The lowest BCUT2D eigenvalue weighted by Crippen LogP contribution is -2.39. The van der Waals surface area contributed by atoms with Gasteiger partial charge in [0.1, 0.15) is 24.1 Å². The topological polar surface area (TPSA) is 79.8 Å².